The highest BCUT2D eigenvalue weighted by atomic mass is 35.5. The number of anilines is 2. The normalized spacial score (nSPS) is 13.8. The Kier molecular flexibility index (Phi) is 3.13. The maximum Gasteiger partial charge on any atom is 0.236 e. The van der Waals surface area contributed by atoms with Crippen LogP contribution >= 0.6 is 11.6 Å². The summed E-state index contributed by atoms with van der Waals surface area (Å²) in [6, 6.07) is 4.33. The van der Waals surface area contributed by atoms with Crippen LogP contribution in [0.15, 0.2) is 24.3 Å². The Morgan fingerprint density at radius 3 is 2.24 bits per heavy atom. The first-order chi connectivity index (χ1) is 9.90. The number of benzene rings is 2. The lowest BCUT2D eigenvalue weighted by Gasteiger charge is -2.19. The van der Waals surface area contributed by atoms with Gasteiger partial charge in [0.1, 0.15) is 5.69 Å². The van der Waals surface area contributed by atoms with Gasteiger partial charge in [0.15, 0.2) is 23.3 Å². The molecular formula is C14H6ClF4NO. The molecule has 0 N–H and O–H groups in total. The zero-order valence-corrected chi connectivity index (χ0v) is 11.0. The second-order valence-corrected chi connectivity index (χ2v) is 4.93. The zero-order chi connectivity index (χ0) is 15.3. The van der Waals surface area contributed by atoms with Gasteiger partial charge in [-0.2, -0.15) is 0 Å². The van der Waals surface area contributed by atoms with Crippen LogP contribution < -0.4 is 4.90 Å². The largest absolute Gasteiger partial charge is 0.274 e. The Bertz CT molecular complexity index is 752. The fraction of sp³-hybridized carbons (Fsp3) is 0.0714. The van der Waals surface area contributed by atoms with Gasteiger partial charge in [0.2, 0.25) is 5.91 Å². The third kappa shape index (κ3) is 2.06. The van der Waals surface area contributed by atoms with E-state index in [4.69, 9.17) is 11.6 Å². The van der Waals surface area contributed by atoms with E-state index < -0.39 is 34.9 Å². The molecule has 7 heteroatoms. The molecule has 1 amide bonds. The highest BCUT2D eigenvalue weighted by Gasteiger charge is 2.34. The lowest BCUT2D eigenvalue weighted by Crippen LogP contribution is -2.24. The molecule has 0 spiro atoms. The predicted octanol–water partition coefficient (Wildman–Crippen LogP) is 4.12. The summed E-state index contributed by atoms with van der Waals surface area (Å²) >= 11 is 5.78. The molecule has 3 rings (SSSR count). The molecule has 2 aromatic carbocycles. The van der Waals surface area contributed by atoms with E-state index in [0.29, 0.717) is 15.5 Å². The van der Waals surface area contributed by atoms with Gasteiger partial charge in [-0.05, 0) is 23.8 Å². The second-order valence-electron chi connectivity index (χ2n) is 4.50. The van der Waals surface area contributed by atoms with Gasteiger partial charge in [-0.1, -0.05) is 11.6 Å². The standard InChI is InChI=1S/C14H6ClF4NO/c15-7-1-2-10-6(3-7)4-11(21)20(10)14-12(18)8(16)5-9(17)13(14)19/h1-3,5H,4H2. The lowest BCUT2D eigenvalue weighted by atomic mass is 10.1. The minimum atomic E-state index is -1.62. The van der Waals surface area contributed by atoms with Crippen molar-refractivity contribution in [3.63, 3.8) is 0 Å². The minimum Gasteiger partial charge on any atom is -0.274 e. The number of amides is 1. The molecule has 0 saturated carbocycles. The smallest absolute Gasteiger partial charge is 0.236 e. The quantitative estimate of drug-likeness (QED) is 0.572. The van der Waals surface area contributed by atoms with Crippen molar-refractivity contribution in [2.75, 3.05) is 4.90 Å². The average Bonchev–Trinajstić information content (AvgIpc) is 2.73. The highest BCUT2D eigenvalue weighted by Crippen LogP contribution is 2.40. The Morgan fingerprint density at radius 2 is 1.62 bits per heavy atom. The first-order valence-corrected chi connectivity index (χ1v) is 6.22. The van der Waals surface area contributed by atoms with Crippen LogP contribution in [0.5, 0.6) is 0 Å². The number of rotatable bonds is 1. The van der Waals surface area contributed by atoms with Crippen LogP contribution in [0.3, 0.4) is 0 Å². The third-order valence-electron chi connectivity index (χ3n) is 3.19. The van der Waals surface area contributed by atoms with Crippen molar-refractivity contribution >= 4 is 28.9 Å². The van der Waals surface area contributed by atoms with E-state index in [2.05, 4.69) is 0 Å². The van der Waals surface area contributed by atoms with Gasteiger partial charge >= 0.3 is 0 Å². The van der Waals surface area contributed by atoms with Crippen LogP contribution in [0.4, 0.5) is 28.9 Å². The molecule has 0 aromatic heterocycles. The number of nitrogens with zero attached hydrogens (tertiary/aromatic N) is 1. The summed E-state index contributed by atoms with van der Waals surface area (Å²) in [5.74, 6) is -7.08. The number of carbonyl (C=O) groups is 1. The molecule has 108 valence electrons. The van der Waals surface area contributed by atoms with E-state index in [-0.39, 0.29) is 18.2 Å². The molecule has 0 atom stereocenters. The summed E-state index contributed by atoms with van der Waals surface area (Å²) in [6.07, 6.45) is -0.160. The molecule has 2 aromatic rings. The van der Waals surface area contributed by atoms with E-state index in [1.54, 1.807) is 0 Å². The Hall–Kier alpha value is -2.08. The maximum absolute atomic E-state index is 13.8. The van der Waals surface area contributed by atoms with Gasteiger partial charge in [0.25, 0.3) is 0 Å². The van der Waals surface area contributed by atoms with Crippen molar-refractivity contribution in [2.45, 2.75) is 6.42 Å². The van der Waals surface area contributed by atoms with E-state index >= 15 is 0 Å². The minimum absolute atomic E-state index is 0.0947. The first kappa shape index (κ1) is 13.9. The predicted molar refractivity (Wildman–Crippen MR) is 68.6 cm³/mol. The van der Waals surface area contributed by atoms with Crippen molar-refractivity contribution in [2.24, 2.45) is 0 Å². The van der Waals surface area contributed by atoms with Crippen LogP contribution in [0, 0.1) is 23.3 Å². The average molecular weight is 316 g/mol. The van der Waals surface area contributed by atoms with Crippen LogP contribution in [0.2, 0.25) is 5.02 Å². The third-order valence-corrected chi connectivity index (χ3v) is 3.42. The number of hydrogen-bond acceptors (Lipinski definition) is 1. The zero-order valence-electron chi connectivity index (χ0n) is 10.3. The summed E-state index contributed by atoms with van der Waals surface area (Å²) in [5.41, 5.74) is -0.484. The van der Waals surface area contributed by atoms with E-state index in [1.165, 1.54) is 18.2 Å². The molecule has 21 heavy (non-hydrogen) atoms. The van der Waals surface area contributed by atoms with E-state index in [0.717, 1.165) is 0 Å². The molecule has 0 radical (unpaired) electrons. The van der Waals surface area contributed by atoms with Crippen LogP contribution in [0.25, 0.3) is 0 Å². The molecule has 0 bridgehead atoms. The number of fused-ring (bicyclic) bond motifs is 1. The molecular weight excluding hydrogens is 310 g/mol. The summed E-state index contributed by atoms with van der Waals surface area (Å²) in [6.45, 7) is 0. The van der Waals surface area contributed by atoms with Crippen LogP contribution in [0.1, 0.15) is 5.56 Å². The van der Waals surface area contributed by atoms with Crippen LogP contribution in [-0.2, 0) is 11.2 Å². The van der Waals surface area contributed by atoms with Gasteiger partial charge in [0, 0.05) is 11.1 Å². The molecule has 1 aliphatic heterocycles. The van der Waals surface area contributed by atoms with E-state index in [1.807, 2.05) is 0 Å². The van der Waals surface area contributed by atoms with Gasteiger partial charge in [-0.15, -0.1) is 0 Å². The topological polar surface area (TPSA) is 20.3 Å². The Balaban J connectivity index is 2.26. The SMILES string of the molecule is O=C1Cc2cc(Cl)ccc2N1c1c(F)c(F)cc(F)c1F. The van der Waals surface area contributed by atoms with Crippen molar-refractivity contribution in [3.05, 3.63) is 58.1 Å². The molecule has 0 fully saturated rings. The van der Waals surface area contributed by atoms with E-state index in [9.17, 15) is 22.4 Å². The van der Waals surface area contributed by atoms with Gasteiger partial charge in [-0.3, -0.25) is 9.69 Å². The molecule has 2 nitrogen and oxygen atoms in total. The van der Waals surface area contributed by atoms with Crippen molar-refractivity contribution in [3.8, 4) is 0 Å². The summed E-state index contributed by atoms with van der Waals surface area (Å²) < 4.78 is 54.3. The molecule has 0 unspecified atom stereocenters. The second kappa shape index (κ2) is 4.73. The first-order valence-electron chi connectivity index (χ1n) is 5.84. The molecule has 0 aliphatic carbocycles. The molecule has 1 heterocycles. The maximum atomic E-state index is 13.8. The lowest BCUT2D eigenvalue weighted by molar-refractivity contribution is -0.116. The number of hydrogen-bond donors (Lipinski definition) is 0. The Morgan fingerprint density at radius 1 is 1.00 bits per heavy atom. The summed E-state index contributed by atoms with van der Waals surface area (Å²) in [7, 11) is 0. The van der Waals surface area contributed by atoms with Crippen molar-refractivity contribution in [1.29, 1.82) is 0 Å². The fourth-order valence-corrected chi connectivity index (χ4v) is 2.49. The van der Waals surface area contributed by atoms with Gasteiger partial charge in [0.05, 0.1) is 12.1 Å². The fourth-order valence-electron chi connectivity index (χ4n) is 2.29. The highest BCUT2D eigenvalue weighted by molar-refractivity contribution is 6.31. The summed E-state index contributed by atoms with van der Waals surface area (Å²) in [4.78, 5) is 12.6. The number of carbonyl (C=O) groups excluding carboxylic acids is 1. The van der Waals surface area contributed by atoms with Gasteiger partial charge in [-0.25, -0.2) is 17.6 Å². The van der Waals surface area contributed by atoms with Crippen molar-refractivity contribution in [1.82, 2.24) is 0 Å². The monoisotopic (exact) mass is 315 g/mol. The summed E-state index contributed by atoms with van der Waals surface area (Å²) in [5, 5.41) is 0.342. The number of halogens is 5. The Labute approximate surface area is 121 Å². The molecule has 1 aliphatic rings. The van der Waals surface area contributed by atoms with Crippen molar-refractivity contribution < 1.29 is 22.4 Å². The molecule has 0 saturated heterocycles. The van der Waals surface area contributed by atoms with Gasteiger partial charge < -0.3 is 0 Å². The van der Waals surface area contributed by atoms with Crippen LogP contribution in [-0.4, -0.2) is 5.91 Å².